The van der Waals surface area contributed by atoms with Crippen molar-refractivity contribution in [3.05, 3.63) is 29.3 Å². The van der Waals surface area contributed by atoms with Crippen LogP contribution in [-0.4, -0.2) is 11.7 Å². The molecule has 1 aliphatic rings. The summed E-state index contributed by atoms with van der Waals surface area (Å²) in [6.07, 6.45) is 2.04. The molecule has 0 bridgehead atoms. The normalized spacial score (nSPS) is 20.2. The highest BCUT2D eigenvalue weighted by Gasteiger charge is 2.25. The molecule has 1 aliphatic heterocycles. The zero-order valence-electron chi connectivity index (χ0n) is 7.88. The summed E-state index contributed by atoms with van der Waals surface area (Å²) < 4.78 is 0. The van der Waals surface area contributed by atoms with E-state index in [-0.39, 0.29) is 0 Å². The van der Waals surface area contributed by atoms with E-state index in [0.717, 1.165) is 30.5 Å². The molecule has 1 aromatic rings. The summed E-state index contributed by atoms with van der Waals surface area (Å²) in [5.74, 6) is 0.499. The van der Waals surface area contributed by atoms with Crippen LogP contribution >= 0.6 is 0 Å². The number of hydrogen-bond donors (Lipinski definition) is 2. The number of nitrogens with one attached hydrogen (secondary N) is 1. The van der Waals surface area contributed by atoms with Gasteiger partial charge in [0.05, 0.1) is 0 Å². The van der Waals surface area contributed by atoms with Gasteiger partial charge in [-0.25, -0.2) is 0 Å². The van der Waals surface area contributed by atoms with Gasteiger partial charge in [0, 0.05) is 18.2 Å². The maximum absolute atomic E-state index is 9.89. The standard InChI is InChI=1S/C11H15NO/c1-2-4-8-5-3-6-9(11(8)13)10-7-12-10/h3,5-6,10,12-13H,2,4,7H2,1H3/t10-/m0/s1. The lowest BCUT2D eigenvalue weighted by atomic mass is 10.0. The van der Waals surface area contributed by atoms with Crippen molar-refractivity contribution < 1.29 is 5.11 Å². The van der Waals surface area contributed by atoms with Crippen molar-refractivity contribution in [2.24, 2.45) is 0 Å². The van der Waals surface area contributed by atoms with Crippen molar-refractivity contribution in [3.63, 3.8) is 0 Å². The highest BCUT2D eigenvalue weighted by Crippen LogP contribution is 2.32. The molecule has 70 valence electrons. The van der Waals surface area contributed by atoms with E-state index in [1.807, 2.05) is 18.2 Å². The quantitative estimate of drug-likeness (QED) is 0.693. The van der Waals surface area contributed by atoms with Crippen LogP contribution in [0.4, 0.5) is 0 Å². The van der Waals surface area contributed by atoms with E-state index in [1.54, 1.807) is 0 Å². The molecule has 0 spiro atoms. The van der Waals surface area contributed by atoms with Crippen LogP contribution in [0.1, 0.15) is 30.5 Å². The first-order valence-electron chi connectivity index (χ1n) is 4.87. The largest absolute Gasteiger partial charge is 0.507 e. The molecule has 0 saturated carbocycles. The fourth-order valence-electron chi connectivity index (χ4n) is 1.64. The summed E-state index contributed by atoms with van der Waals surface area (Å²) in [7, 11) is 0. The van der Waals surface area contributed by atoms with Crippen LogP contribution in [0.3, 0.4) is 0 Å². The van der Waals surface area contributed by atoms with Gasteiger partial charge in [-0.15, -0.1) is 0 Å². The average molecular weight is 177 g/mol. The second-order valence-corrected chi connectivity index (χ2v) is 3.57. The lowest BCUT2D eigenvalue weighted by molar-refractivity contribution is 0.460. The highest BCUT2D eigenvalue weighted by molar-refractivity contribution is 5.44. The Hall–Kier alpha value is -1.02. The summed E-state index contributed by atoms with van der Waals surface area (Å²) in [5.41, 5.74) is 2.14. The van der Waals surface area contributed by atoms with Gasteiger partial charge in [0.2, 0.25) is 0 Å². The average Bonchev–Trinajstić information content (AvgIpc) is 2.92. The lowest BCUT2D eigenvalue weighted by Gasteiger charge is -2.07. The molecule has 0 unspecified atom stereocenters. The molecule has 0 aromatic heterocycles. The molecule has 1 heterocycles. The van der Waals surface area contributed by atoms with Crippen molar-refractivity contribution in [1.82, 2.24) is 5.32 Å². The molecule has 2 heteroatoms. The second-order valence-electron chi connectivity index (χ2n) is 3.57. The van der Waals surface area contributed by atoms with E-state index in [9.17, 15) is 5.11 Å². The summed E-state index contributed by atoms with van der Waals surface area (Å²) >= 11 is 0. The first-order chi connectivity index (χ1) is 6.33. The number of rotatable bonds is 3. The van der Waals surface area contributed by atoms with Gasteiger partial charge in [-0.3, -0.25) is 0 Å². The number of hydrogen-bond acceptors (Lipinski definition) is 2. The number of para-hydroxylation sites is 1. The molecule has 2 rings (SSSR count). The zero-order chi connectivity index (χ0) is 9.26. The van der Waals surface area contributed by atoms with Crippen molar-refractivity contribution >= 4 is 0 Å². The van der Waals surface area contributed by atoms with Gasteiger partial charge in [-0.05, 0) is 12.0 Å². The molecule has 0 radical (unpaired) electrons. The van der Waals surface area contributed by atoms with Crippen LogP contribution in [0.15, 0.2) is 18.2 Å². The van der Waals surface area contributed by atoms with Gasteiger partial charge < -0.3 is 10.4 Å². The van der Waals surface area contributed by atoms with E-state index in [2.05, 4.69) is 12.2 Å². The maximum Gasteiger partial charge on any atom is 0.123 e. The topological polar surface area (TPSA) is 42.2 Å². The molecule has 1 aromatic carbocycles. The lowest BCUT2D eigenvalue weighted by Crippen LogP contribution is -1.90. The van der Waals surface area contributed by atoms with Gasteiger partial charge in [0.1, 0.15) is 5.75 Å². The van der Waals surface area contributed by atoms with Crippen molar-refractivity contribution in [2.75, 3.05) is 6.54 Å². The molecule has 0 aliphatic carbocycles. The minimum Gasteiger partial charge on any atom is -0.507 e. The van der Waals surface area contributed by atoms with Crippen LogP contribution in [0.25, 0.3) is 0 Å². The maximum atomic E-state index is 9.89. The predicted molar refractivity (Wildman–Crippen MR) is 52.8 cm³/mol. The SMILES string of the molecule is CCCc1cccc([C@@H]2CN2)c1O. The van der Waals surface area contributed by atoms with E-state index in [0.29, 0.717) is 11.8 Å². The Morgan fingerprint density at radius 3 is 2.92 bits per heavy atom. The third-order valence-corrected chi connectivity index (χ3v) is 2.45. The Labute approximate surface area is 78.6 Å². The van der Waals surface area contributed by atoms with Crippen LogP contribution in [0.2, 0.25) is 0 Å². The van der Waals surface area contributed by atoms with Gasteiger partial charge >= 0.3 is 0 Å². The Balaban J connectivity index is 2.30. The Bertz CT molecular complexity index is 305. The minimum absolute atomic E-state index is 0.400. The molecule has 13 heavy (non-hydrogen) atoms. The third-order valence-electron chi connectivity index (χ3n) is 2.45. The van der Waals surface area contributed by atoms with E-state index in [4.69, 9.17) is 0 Å². The van der Waals surface area contributed by atoms with Crippen molar-refractivity contribution in [1.29, 1.82) is 0 Å². The first-order valence-corrected chi connectivity index (χ1v) is 4.87. The highest BCUT2D eigenvalue weighted by atomic mass is 16.3. The summed E-state index contributed by atoms with van der Waals surface area (Å²) in [6, 6.07) is 6.43. The third kappa shape index (κ3) is 1.68. The summed E-state index contributed by atoms with van der Waals surface area (Å²) in [4.78, 5) is 0. The predicted octanol–water partition coefficient (Wildman–Crippen LogP) is 1.99. The number of aromatic hydroxyl groups is 1. The minimum atomic E-state index is 0.400. The summed E-state index contributed by atoms with van der Waals surface area (Å²) in [6.45, 7) is 3.13. The second kappa shape index (κ2) is 3.38. The Kier molecular flexibility index (Phi) is 2.23. The zero-order valence-corrected chi connectivity index (χ0v) is 7.88. The number of phenolic OH excluding ortho intramolecular Hbond substituents is 1. The monoisotopic (exact) mass is 177 g/mol. The van der Waals surface area contributed by atoms with Crippen LogP contribution in [0.5, 0.6) is 5.75 Å². The van der Waals surface area contributed by atoms with E-state index in [1.165, 1.54) is 0 Å². The molecule has 2 nitrogen and oxygen atoms in total. The molecule has 1 saturated heterocycles. The van der Waals surface area contributed by atoms with Gasteiger partial charge in [0.25, 0.3) is 0 Å². The number of phenols is 1. The Morgan fingerprint density at radius 2 is 2.31 bits per heavy atom. The number of aryl methyl sites for hydroxylation is 1. The molecular formula is C11H15NO. The van der Waals surface area contributed by atoms with Crippen LogP contribution in [0, 0.1) is 0 Å². The van der Waals surface area contributed by atoms with Crippen molar-refractivity contribution in [3.8, 4) is 5.75 Å². The fourth-order valence-corrected chi connectivity index (χ4v) is 1.64. The Morgan fingerprint density at radius 1 is 1.54 bits per heavy atom. The van der Waals surface area contributed by atoms with Gasteiger partial charge in [-0.2, -0.15) is 0 Å². The van der Waals surface area contributed by atoms with E-state index < -0.39 is 0 Å². The smallest absolute Gasteiger partial charge is 0.123 e. The fraction of sp³-hybridized carbons (Fsp3) is 0.455. The molecule has 2 N–H and O–H groups in total. The van der Waals surface area contributed by atoms with Gasteiger partial charge in [0.15, 0.2) is 0 Å². The summed E-state index contributed by atoms with van der Waals surface area (Å²) in [5, 5.41) is 13.1. The number of benzene rings is 1. The van der Waals surface area contributed by atoms with Crippen LogP contribution < -0.4 is 5.32 Å². The molecular weight excluding hydrogens is 162 g/mol. The molecule has 1 fully saturated rings. The molecule has 1 atom stereocenters. The van der Waals surface area contributed by atoms with Crippen molar-refractivity contribution in [2.45, 2.75) is 25.8 Å². The molecule has 0 amide bonds. The van der Waals surface area contributed by atoms with Crippen LogP contribution in [-0.2, 0) is 6.42 Å². The first kappa shape index (κ1) is 8.57. The van der Waals surface area contributed by atoms with E-state index >= 15 is 0 Å². The van der Waals surface area contributed by atoms with Gasteiger partial charge in [-0.1, -0.05) is 31.5 Å².